The Hall–Kier alpha value is -1.64. The van der Waals surface area contributed by atoms with Gasteiger partial charge < -0.3 is 0 Å². The molecule has 1 fully saturated rings. The Morgan fingerprint density at radius 2 is 1.37 bits per heavy atom. The van der Waals surface area contributed by atoms with Gasteiger partial charge in [0, 0.05) is 19.0 Å². The highest BCUT2D eigenvalue weighted by Crippen LogP contribution is 2.33. The van der Waals surface area contributed by atoms with Gasteiger partial charge in [-0.15, -0.1) is 0 Å². The predicted octanol–water partition coefficient (Wildman–Crippen LogP) is 3.14. The number of hydrogen-bond acceptors (Lipinski definition) is 1. The molecule has 19 heavy (non-hydrogen) atoms. The topological polar surface area (TPSA) is 23.1 Å². The third kappa shape index (κ3) is 2.55. The summed E-state index contributed by atoms with van der Waals surface area (Å²) in [4.78, 5) is 2.40. The maximum absolute atomic E-state index is 10.9. The maximum Gasteiger partial charge on any atom is 0.0875 e. The summed E-state index contributed by atoms with van der Waals surface area (Å²) >= 11 is 0. The molecule has 0 bridgehead atoms. The monoisotopic (exact) mass is 252 g/mol. The van der Waals surface area contributed by atoms with E-state index in [1.807, 2.05) is 12.1 Å². The number of benzene rings is 2. The zero-order valence-corrected chi connectivity index (χ0v) is 10.9. The first kappa shape index (κ1) is 12.4. The Kier molecular flexibility index (Phi) is 3.62. The van der Waals surface area contributed by atoms with Gasteiger partial charge in [0.2, 0.25) is 0 Å². The van der Waals surface area contributed by atoms with E-state index in [1.54, 1.807) is 0 Å². The molecule has 0 saturated carbocycles. The minimum Gasteiger partial charge on any atom is -0.292 e. The van der Waals surface area contributed by atoms with Gasteiger partial charge in [-0.1, -0.05) is 60.7 Å². The average Bonchev–Trinajstić information content (AvgIpc) is 2.44. The predicted molar refractivity (Wildman–Crippen MR) is 75.3 cm³/mol. The average molecular weight is 252 g/mol. The number of hydrogen-bond donors (Lipinski definition) is 0. The molecule has 0 spiro atoms. The van der Waals surface area contributed by atoms with Crippen LogP contribution in [0.5, 0.6) is 0 Å². The Balaban J connectivity index is 1.89. The van der Waals surface area contributed by atoms with E-state index < -0.39 is 0 Å². The molecule has 3 rings (SSSR count). The molecular formula is C17H18NO. The largest absolute Gasteiger partial charge is 0.292 e. The third-order valence-electron chi connectivity index (χ3n) is 3.82. The Labute approximate surface area is 114 Å². The molecule has 1 aliphatic rings. The van der Waals surface area contributed by atoms with Crippen LogP contribution in [0.2, 0.25) is 0 Å². The van der Waals surface area contributed by atoms with Gasteiger partial charge in [0.15, 0.2) is 0 Å². The van der Waals surface area contributed by atoms with Crippen molar-refractivity contribution < 1.29 is 5.11 Å². The molecular weight excluding hydrogens is 234 g/mol. The summed E-state index contributed by atoms with van der Waals surface area (Å²) in [6.45, 7) is 1.88. The van der Waals surface area contributed by atoms with Gasteiger partial charge >= 0.3 is 0 Å². The van der Waals surface area contributed by atoms with E-state index in [1.165, 1.54) is 11.1 Å². The van der Waals surface area contributed by atoms with Crippen LogP contribution in [0, 0.1) is 5.92 Å². The summed E-state index contributed by atoms with van der Waals surface area (Å²) in [5.74, 6) is 0.329. The Bertz CT molecular complexity index is 466. The second-order valence-electron chi connectivity index (χ2n) is 5.21. The fourth-order valence-corrected chi connectivity index (χ4v) is 2.81. The van der Waals surface area contributed by atoms with Crippen LogP contribution in [0.4, 0.5) is 0 Å². The van der Waals surface area contributed by atoms with Crippen LogP contribution in [0.1, 0.15) is 17.2 Å². The lowest BCUT2D eigenvalue weighted by molar-refractivity contribution is 0.00882. The molecule has 0 atom stereocenters. The van der Waals surface area contributed by atoms with Crippen molar-refractivity contribution in [2.24, 2.45) is 5.92 Å². The van der Waals surface area contributed by atoms with Crippen LogP contribution in [0.3, 0.4) is 0 Å². The van der Waals surface area contributed by atoms with E-state index in [4.69, 9.17) is 0 Å². The fraction of sp³-hybridized carbons (Fsp3) is 0.294. The lowest BCUT2D eigenvalue weighted by Gasteiger charge is -2.43. The summed E-state index contributed by atoms with van der Waals surface area (Å²) in [7, 11) is 0. The van der Waals surface area contributed by atoms with Crippen molar-refractivity contribution in [2.45, 2.75) is 6.04 Å². The van der Waals surface area contributed by atoms with Gasteiger partial charge in [-0.2, -0.15) is 0 Å². The number of rotatable bonds is 4. The normalized spacial score (nSPS) is 16.5. The second kappa shape index (κ2) is 5.55. The first-order valence-electron chi connectivity index (χ1n) is 6.80. The zero-order valence-electron chi connectivity index (χ0n) is 10.9. The van der Waals surface area contributed by atoms with Crippen molar-refractivity contribution in [1.82, 2.24) is 4.90 Å². The van der Waals surface area contributed by atoms with Crippen molar-refractivity contribution in [3.8, 4) is 0 Å². The number of nitrogens with zero attached hydrogens (tertiary/aromatic N) is 1. The van der Waals surface area contributed by atoms with Crippen molar-refractivity contribution in [2.75, 3.05) is 19.7 Å². The molecule has 0 N–H and O–H groups in total. The van der Waals surface area contributed by atoms with Gasteiger partial charge in [0.25, 0.3) is 0 Å². The quantitative estimate of drug-likeness (QED) is 0.820. The lowest BCUT2D eigenvalue weighted by atomic mass is 9.91. The molecule has 97 valence electrons. The van der Waals surface area contributed by atoms with Crippen LogP contribution in [-0.2, 0) is 5.11 Å². The van der Waals surface area contributed by atoms with Gasteiger partial charge in [-0.25, -0.2) is 5.11 Å². The first-order chi connectivity index (χ1) is 9.38. The third-order valence-corrected chi connectivity index (χ3v) is 3.82. The summed E-state index contributed by atoms with van der Waals surface area (Å²) in [6.07, 6.45) is 0. The highest BCUT2D eigenvalue weighted by atomic mass is 16.3. The molecule has 2 aromatic rings. The molecule has 2 heteroatoms. The molecule has 0 aliphatic carbocycles. The van der Waals surface area contributed by atoms with Gasteiger partial charge in [-0.3, -0.25) is 4.90 Å². The molecule has 0 unspecified atom stereocenters. The van der Waals surface area contributed by atoms with E-state index in [-0.39, 0.29) is 12.6 Å². The summed E-state index contributed by atoms with van der Waals surface area (Å²) in [5.41, 5.74) is 2.61. The molecule has 1 aliphatic heterocycles. The number of likely N-dealkylation sites (tertiary alicyclic amines) is 1. The van der Waals surface area contributed by atoms with Crippen molar-refractivity contribution in [1.29, 1.82) is 0 Å². The molecule has 0 aromatic heterocycles. The van der Waals surface area contributed by atoms with Crippen LogP contribution < -0.4 is 0 Å². The van der Waals surface area contributed by atoms with Crippen LogP contribution in [0.15, 0.2) is 60.7 Å². The molecule has 2 nitrogen and oxygen atoms in total. The summed E-state index contributed by atoms with van der Waals surface area (Å²) in [5, 5.41) is 10.9. The molecule has 1 saturated heterocycles. The van der Waals surface area contributed by atoms with Gasteiger partial charge in [0.1, 0.15) is 0 Å². The lowest BCUT2D eigenvalue weighted by Crippen LogP contribution is -2.49. The summed E-state index contributed by atoms with van der Waals surface area (Å²) in [6, 6.07) is 21.4. The van der Waals surface area contributed by atoms with Crippen molar-refractivity contribution in [3.05, 3.63) is 71.8 Å². The second-order valence-corrected chi connectivity index (χ2v) is 5.21. The van der Waals surface area contributed by atoms with Crippen LogP contribution in [-0.4, -0.2) is 24.6 Å². The smallest absolute Gasteiger partial charge is 0.0875 e. The Morgan fingerprint density at radius 3 is 1.79 bits per heavy atom. The Morgan fingerprint density at radius 1 is 0.895 bits per heavy atom. The maximum atomic E-state index is 10.9. The summed E-state index contributed by atoms with van der Waals surface area (Å²) < 4.78 is 0. The van der Waals surface area contributed by atoms with E-state index >= 15 is 0 Å². The van der Waals surface area contributed by atoms with Crippen LogP contribution >= 0.6 is 0 Å². The van der Waals surface area contributed by atoms with E-state index in [0.717, 1.165) is 13.1 Å². The SMILES string of the molecule is [O]CC1CN(C(c2ccccc2)c2ccccc2)C1. The fourth-order valence-electron chi connectivity index (χ4n) is 2.81. The molecule has 1 heterocycles. The van der Waals surface area contributed by atoms with E-state index in [9.17, 15) is 5.11 Å². The standard InChI is InChI=1S/C17H18NO/c19-13-14-11-18(12-14)17(15-7-3-1-4-8-15)16-9-5-2-6-10-16/h1-10,14,17H,11-13H2. The molecule has 0 amide bonds. The van der Waals surface area contributed by atoms with Gasteiger partial charge in [-0.05, 0) is 11.1 Å². The van der Waals surface area contributed by atoms with E-state index in [2.05, 4.69) is 53.4 Å². The van der Waals surface area contributed by atoms with E-state index in [0.29, 0.717) is 5.92 Å². The minimum absolute atomic E-state index is 0.0484. The molecule has 1 radical (unpaired) electrons. The zero-order chi connectivity index (χ0) is 13.1. The van der Waals surface area contributed by atoms with Gasteiger partial charge in [0.05, 0.1) is 12.6 Å². The highest BCUT2D eigenvalue weighted by Gasteiger charge is 2.33. The van der Waals surface area contributed by atoms with Crippen LogP contribution in [0.25, 0.3) is 0 Å². The van der Waals surface area contributed by atoms with Crippen molar-refractivity contribution >= 4 is 0 Å². The van der Waals surface area contributed by atoms with Crippen molar-refractivity contribution in [3.63, 3.8) is 0 Å². The highest BCUT2D eigenvalue weighted by molar-refractivity contribution is 5.32. The first-order valence-corrected chi connectivity index (χ1v) is 6.80. The molecule has 2 aromatic carbocycles. The minimum atomic E-state index is 0.0484.